The van der Waals surface area contributed by atoms with Gasteiger partial charge in [0.1, 0.15) is 0 Å². The molecule has 20 heavy (non-hydrogen) atoms. The average molecular weight is 293 g/mol. The summed E-state index contributed by atoms with van der Waals surface area (Å²) in [5.74, 6) is 0.891. The van der Waals surface area contributed by atoms with Gasteiger partial charge in [-0.05, 0) is 11.3 Å². The summed E-state index contributed by atoms with van der Waals surface area (Å²) in [6.07, 6.45) is 1.66. The van der Waals surface area contributed by atoms with Crippen molar-refractivity contribution in [2.45, 2.75) is 25.2 Å². The standard InChI is InChI=1S/C13H15N3O3S/c1-2-20-13-14-7-12(9-17)15(13)8-10-3-5-11(6-4-10)16(18)19/h3-7,17H,2,8-9H2,1H3. The minimum atomic E-state index is -0.418. The Labute approximate surface area is 120 Å². The lowest BCUT2D eigenvalue weighted by Crippen LogP contribution is -2.06. The molecule has 1 aromatic heterocycles. The van der Waals surface area contributed by atoms with Crippen LogP contribution in [0.15, 0.2) is 35.6 Å². The third kappa shape index (κ3) is 3.17. The molecule has 106 valence electrons. The molecule has 0 unspecified atom stereocenters. The van der Waals surface area contributed by atoms with Crippen molar-refractivity contribution in [3.05, 3.63) is 51.8 Å². The molecule has 2 aromatic rings. The smallest absolute Gasteiger partial charge is 0.269 e. The summed E-state index contributed by atoms with van der Waals surface area (Å²) >= 11 is 1.60. The van der Waals surface area contributed by atoms with Gasteiger partial charge in [-0.1, -0.05) is 30.8 Å². The largest absolute Gasteiger partial charge is 0.390 e. The first kappa shape index (κ1) is 14.5. The van der Waals surface area contributed by atoms with Crippen LogP contribution in [0.2, 0.25) is 0 Å². The molecule has 1 heterocycles. The number of thioether (sulfide) groups is 1. The van der Waals surface area contributed by atoms with Gasteiger partial charge in [-0.2, -0.15) is 0 Å². The van der Waals surface area contributed by atoms with E-state index < -0.39 is 4.92 Å². The van der Waals surface area contributed by atoms with Crippen LogP contribution in [0.5, 0.6) is 0 Å². The molecule has 6 nitrogen and oxygen atoms in total. The van der Waals surface area contributed by atoms with E-state index in [2.05, 4.69) is 4.98 Å². The van der Waals surface area contributed by atoms with Gasteiger partial charge in [0.15, 0.2) is 5.16 Å². The maximum Gasteiger partial charge on any atom is 0.269 e. The molecule has 1 aromatic carbocycles. The summed E-state index contributed by atoms with van der Waals surface area (Å²) in [7, 11) is 0. The van der Waals surface area contributed by atoms with Crippen LogP contribution in [0.1, 0.15) is 18.2 Å². The molecular weight excluding hydrogens is 278 g/mol. The second-order valence-electron chi connectivity index (χ2n) is 4.13. The number of hydrogen-bond acceptors (Lipinski definition) is 5. The van der Waals surface area contributed by atoms with Gasteiger partial charge < -0.3 is 9.67 Å². The molecule has 0 aliphatic heterocycles. The summed E-state index contributed by atoms with van der Waals surface area (Å²) in [5, 5.41) is 20.8. The van der Waals surface area contributed by atoms with Gasteiger partial charge in [0.05, 0.1) is 23.4 Å². The van der Waals surface area contributed by atoms with Crippen LogP contribution in [-0.4, -0.2) is 25.3 Å². The number of imidazole rings is 1. The number of benzene rings is 1. The van der Waals surface area contributed by atoms with Crippen LogP contribution in [0.25, 0.3) is 0 Å². The number of nitrogens with zero attached hydrogens (tertiary/aromatic N) is 3. The predicted molar refractivity (Wildman–Crippen MR) is 76.7 cm³/mol. The van der Waals surface area contributed by atoms with Crippen molar-refractivity contribution in [3.8, 4) is 0 Å². The molecule has 0 amide bonds. The molecule has 0 aliphatic carbocycles. The first-order valence-electron chi connectivity index (χ1n) is 6.17. The summed E-state index contributed by atoms with van der Waals surface area (Å²) in [4.78, 5) is 14.5. The van der Waals surface area contributed by atoms with Crippen LogP contribution >= 0.6 is 11.8 Å². The first-order valence-corrected chi connectivity index (χ1v) is 7.15. The molecule has 7 heteroatoms. The zero-order chi connectivity index (χ0) is 14.5. The van der Waals surface area contributed by atoms with E-state index in [0.717, 1.165) is 22.2 Å². The highest BCUT2D eigenvalue weighted by Gasteiger charge is 2.11. The van der Waals surface area contributed by atoms with E-state index in [-0.39, 0.29) is 12.3 Å². The van der Waals surface area contributed by atoms with E-state index >= 15 is 0 Å². The van der Waals surface area contributed by atoms with Gasteiger partial charge in [0.2, 0.25) is 0 Å². The number of non-ortho nitro benzene ring substituents is 1. The molecule has 0 fully saturated rings. The Hall–Kier alpha value is -1.86. The number of aliphatic hydroxyl groups excluding tert-OH is 1. The zero-order valence-electron chi connectivity index (χ0n) is 11.0. The third-order valence-electron chi connectivity index (χ3n) is 2.82. The van der Waals surface area contributed by atoms with Crippen molar-refractivity contribution < 1.29 is 10.0 Å². The summed E-state index contributed by atoms with van der Waals surface area (Å²) in [5.41, 5.74) is 1.74. The van der Waals surface area contributed by atoms with Gasteiger partial charge in [0.25, 0.3) is 5.69 Å². The average Bonchev–Trinajstić information content (AvgIpc) is 2.82. The monoisotopic (exact) mass is 293 g/mol. The van der Waals surface area contributed by atoms with Crippen molar-refractivity contribution >= 4 is 17.4 Å². The molecule has 2 rings (SSSR count). The normalized spacial score (nSPS) is 10.7. The highest BCUT2D eigenvalue weighted by atomic mass is 32.2. The molecular formula is C13H15N3O3S. The molecule has 0 aliphatic rings. The minimum Gasteiger partial charge on any atom is -0.390 e. The quantitative estimate of drug-likeness (QED) is 0.502. The van der Waals surface area contributed by atoms with Gasteiger partial charge in [-0.15, -0.1) is 0 Å². The van der Waals surface area contributed by atoms with E-state index in [1.807, 2.05) is 11.5 Å². The molecule has 0 saturated heterocycles. The molecule has 0 radical (unpaired) electrons. The fourth-order valence-corrected chi connectivity index (χ4v) is 2.56. The lowest BCUT2D eigenvalue weighted by atomic mass is 10.2. The van der Waals surface area contributed by atoms with E-state index in [4.69, 9.17) is 0 Å². The van der Waals surface area contributed by atoms with Gasteiger partial charge >= 0.3 is 0 Å². The molecule has 0 bridgehead atoms. The minimum absolute atomic E-state index is 0.0740. The van der Waals surface area contributed by atoms with Crippen molar-refractivity contribution in [3.63, 3.8) is 0 Å². The fourth-order valence-electron chi connectivity index (χ4n) is 1.84. The summed E-state index contributed by atoms with van der Waals surface area (Å²) in [6.45, 7) is 2.49. The van der Waals surface area contributed by atoms with Crippen LogP contribution in [0.4, 0.5) is 5.69 Å². The van der Waals surface area contributed by atoms with Crippen LogP contribution in [0.3, 0.4) is 0 Å². The Morgan fingerprint density at radius 2 is 2.10 bits per heavy atom. The second kappa shape index (κ2) is 6.53. The zero-order valence-corrected chi connectivity index (χ0v) is 11.8. The van der Waals surface area contributed by atoms with Crippen molar-refractivity contribution in [1.29, 1.82) is 0 Å². The lowest BCUT2D eigenvalue weighted by molar-refractivity contribution is -0.384. The number of nitro groups is 1. The highest BCUT2D eigenvalue weighted by Crippen LogP contribution is 2.21. The summed E-state index contributed by atoms with van der Waals surface area (Å²) in [6, 6.07) is 6.41. The Kier molecular flexibility index (Phi) is 4.75. The first-order chi connectivity index (χ1) is 9.65. The lowest BCUT2D eigenvalue weighted by Gasteiger charge is -2.10. The maximum absolute atomic E-state index is 10.6. The van der Waals surface area contributed by atoms with Crippen LogP contribution in [0, 0.1) is 10.1 Å². The van der Waals surface area contributed by atoms with Crippen molar-refractivity contribution in [2.24, 2.45) is 0 Å². The SMILES string of the molecule is CCSc1ncc(CO)n1Cc1ccc([N+](=O)[O-])cc1. The molecule has 0 saturated carbocycles. The van der Waals surface area contributed by atoms with Gasteiger partial charge in [-0.25, -0.2) is 4.98 Å². The van der Waals surface area contributed by atoms with Crippen molar-refractivity contribution in [1.82, 2.24) is 9.55 Å². The molecule has 0 spiro atoms. The number of aliphatic hydroxyl groups is 1. The van der Waals surface area contributed by atoms with Gasteiger partial charge in [0, 0.05) is 18.7 Å². The topological polar surface area (TPSA) is 81.2 Å². The van der Waals surface area contributed by atoms with E-state index in [0.29, 0.717) is 6.54 Å². The van der Waals surface area contributed by atoms with Crippen molar-refractivity contribution in [2.75, 3.05) is 5.75 Å². The van der Waals surface area contributed by atoms with Crippen LogP contribution < -0.4 is 0 Å². The third-order valence-corrected chi connectivity index (χ3v) is 3.70. The van der Waals surface area contributed by atoms with Gasteiger partial charge in [-0.3, -0.25) is 10.1 Å². The molecule has 1 N–H and O–H groups in total. The van der Waals surface area contributed by atoms with E-state index in [1.165, 1.54) is 12.1 Å². The maximum atomic E-state index is 10.6. The Morgan fingerprint density at radius 1 is 1.40 bits per heavy atom. The Bertz CT molecular complexity index is 595. The number of aromatic nitrogens is 2. The fraction of sp³-hybridized carbons (Fsp3) is 0.308. The number of rotatable bonds is 6. The van der Waals surface area contributed by atoms with E-state index in [1.54, 1.807) is 30.1 Å². The van der Waals surface area contributed by atoms with Crippen LogP contribution in [-0.2, 0) is 13.2 Å². The predicted octanol–water partition coefficient (Wildman–Crippen LogP) is 2.44. The molecule has 0 atom stereocenters. The Morgan fingerprint density at radius 3 is 2.65 bits per heavy atom. The Balaban J connectivity index is 2.24. The van der Waals surface area contributed by atoms with E-state index in [9.17, 15) is 15.2 Å². The number of hydrogen-bond donors (Lipinski definition) is 1. The second-order valence-corrected chi connectivity index (χ2v) is 5.36. The summed E-state index contributed by atoms with van der Waals surface area (Å²) < 4.78 is 1.93. The highest BCUT2D eigenvalue weighted by molar-refractivity contribution is 7.99. The number of nitro benzene ring substituents is 1.